The maximum atomic E-state index is 13.6. The molecule has 3 rings (SSSR count). The Morgan fingerprint density at radius 3 is 2.52 bits per heavy atom. The highest BCUT2D eigenvalue weighted by Crippen LogP contribution is 2.36. The van der Waals surface area contributed by atoms with Crippen molar-refractivity contribution in [1.29, 1.82) is 0 Å². The van der Waals surface area contributed by atoms with Crippen molar-refractivity contribution in [2.45, 2.75) is 6.18 Å². The number of H-pyrrole nitrogens is 1. The second kappa shape index (κ2) is 6.75. The number of alkyl halides is 3. The van der Waals surface area contributed by atoms with Gasteiger partial charge in [0.2, 0.25) is 0 Å². The minimum Gasteiger partial charge on any atom is -0.372 e. The van der Waals surface area contributed by atoms with E-state index in [4.69, 9.17) is 0 Å². The Bertz CT molecular complexity index is 1010. The van der Waals surface area contributed by atoms with Crippen molar-refractivity contribution in [2.24, 2.45) is 0 Å². The number of nitrogens with one attached hydrogen (secondary N) is 1. The molecule has 1 N–H and O–H groups in total. The summed E-state index contributed by atoms with van der Waals surface area (Å²) in [6, 6.07) is 10.5. The lowest BCUT2D eigenvalue weighted by Crippen LogP contribution is -2.12. The van der Waals surface area contributed by atoms with Crippen molar-refractivity contribution < 1.29 is 18.1 Å². The first kappa shape index (κ1) is 18.4. The van der Waals surface area contributed by atoms with Gasteiger partial charge < -0.3 is 9.88 Å². The summed E-state index contributed by atoms with van der Waals surface area (Å²) in [6.07, 6.45) is -3.84. The van der Waals surface area contributed by atoms with Crippen molar-refractivity contribution in [3.8, 4) is 0 Å². The van der Waals surface area contributed by atoms with E-state index in [0.29, 0.717) is 16.7 Å². The summed E-state index contributed by atoms with van der Waals surface area (Å²) in [5.41, 5.74) is -0.0619. The summed E-state index contributed by atoms with van der Waals surface area (Å²) in [6.45, 7) is 0. The summed E-state index contributed by atoms with van der Waals surface area (Å²) in [7, 11) is 3.24. The van der Waals surface area contributed by atoms with Crippen LogP contribution in [0.5, 0.6) is 0 Å². The molecule has 6 nitrogen and oxygen atoms in total. The molecule has 27 heavy (non-hydrogen) atoms. The summed E-state index contributed by atoms with van der Waals surface area (Å²) < 4.78 is 40.8. The average molecular weight is 376 g/mol. The number of aromatic amines is 1. The van der Waals surface area contributed by atoms with Gasteiger partial charge in [-0.05, 0) is 29.8 Å². The van der Waals surface area contributed by atoms with Crippen LogP contribution in [0.1, 0.15) is 11.4 Å². The molecule has 0 bridgehead atoms. The van der Waals surface area contributed by atoms with Crippen LogP contribution in [0, 0.1) is 10.1 Å². The molecular formula is C18H15F3N4O2. The van der Waals surface area contributed by atoms with Gasteiger partial charge in [0.25, 0.3) is 5.69 Å². The molecule has 0 saturated carbocycles. The topological polar surface area (TPSA) is 75.1 Å². The van der Waals surface area contributed by atoms with Gasteiger partial charge in [-0.3, -0.25) is 10.1 Å². The number of hydrogen-bond donors (Lipinski definition) is 1. The number of halogens is 3. The van der Waals surface area contributed by atoms with Crippen molar-refractivity contribution in [2.75, 3.05) is 19.0 Å². The maximum absolute atomic E-state index is 13.6. The number of rotatable bonds is 4. The Hall–Kier alpha value is -3.36. The smallest absolute Gasteiger partial charge is 0.372 e. The van der Waals surface area contributed by atoms with E-state index in [2.05, 4.69) is 9.97 Å². The van der Waals surface area contributed by atoms with E-state index < -0.39 is 16.7 Å². The number of anilines is 1. The normalized spacial score (nSPS) is 12.4. The van der Waals surface area contributed by atoms with Crippen LogP contribution in [0.25, 0.3) is 22.7 Å². The number of para-hydroxylation sites is 2. The Kier molecular flexibility index (Phi) is 4.61. The van der Waals surface area contributed by atoms with Gasteiger partial charge >= 0.3 is 6.18 Å². The highest BCUT2D eigenvalue weighted by atomic mass is 19.4. The Labute approximate surface area is 152 Å². The fraction of sp³-hybridized carbons (Fsp3) is 0.167. The minimum absolute atomic E-state index is 0.0556. The lowest BCUT2D eigenvalue weighted by molar-refractivity contribution is -0.384. The zero-order chi connectivity index (χ0) is 19.8. The second-order valence-electron chi connectivity index (χ2n) is 6.06. The predicted octanol–water partition coefficient (Wildman–Crippen LogP) is 4.64. The van der Waals surface area contributed by atoms with Gasteiger partial charge in [-0.2, -0.15) is 13.2 Å². The molecule has 140 valence electrons. The number of imidazole rings is 1. The molecule has 0 radical (unpaired) electrons. The van der Waals surface area contributed by atoms with Crippen LogP contribution < -0.4 is 4.90 Å². The number of nitrogens with zero attached hydrogens (tertiary/aromatic N) is 3. The van der Waals surface area contributed by atoms with Crippen LogP contribution in [0.4, 0.5) is 24.5 Å². The first-order chi connectivity index (χ1) is 12.7. The molecule has 0 atom stereocenters. The van der Waals surface area contributed by atoms with Crippen molar-refractivity contribution >= 4 is 34.1 Å². The molecule has 0 saturated heterocycles. The summed E-state index contributed by atoms with van der Waals surface area (Å²) in [4.78, 5) is 18.8. The zero-order valence-electron chi connectivity index (χ0n) is 14.4. The number of benzene rings is 2. The number of allylic oxidation sites excluding steroid dienone is 1. The number of fused-ring (bicyclic) bond motifs is 1. The van der Waals surface area contributed by atoms with Crippen molar-refractivity contribution in [1.82, 2.24) is 9.97 Å². The Morgan fingerprint density at radius 1 is 1.22 bits per heavy atom. The van der Waals surface area contributed by atoms with Crippen LogP contribution in [0.3, 0.4) is 0 Å². The van der Waals surface area contributed by atoms with Crippen LogP contribution in [-0.4, -0.2) is 35.2 Å². The zero-order valence-corrected chi connectivity index (χ0v) is 14.4. The van der Waals surface area contributed by atoms with Gasteiger partial charge in [0.05, 0.1) is 21.5 Å². The molecular weight excluding hydrogens is 361 g/mol. The fourth-order valence-electron chi connectivity index (χ4n) is 2.69. The maximum Gasteiger partial charge on any atom is 0.419 e. The van der Waals surface area contributed by atoms with E-state index in [0.717, 1.165) is 12.1 Å². The average Bonchev–Trinajstić information content (AvgIpc) is 3.01. The highest BCUT2D eigenvalue weighted by molar-refractivity contribution is 5.87. The van der Waals surface area contributed by atoms with Crippen LogP contribution in [0.15, 0.2) is 42.5 Å². The van der Waals surface area contributed by atoms with Gasteiger partial charge in [-0.15, -0.1) is 0 Å². The molecule has 0 aliphatic rings. The molecule has 0 spiro atoms. The summed E-state index contributed by atoms with van der Waals surface area (Å²) in [5.74, 6) is -0.344. The van der Waals surface area contributed by atoms with Crippen molar-refractivity contribution in [3.05, 3.63) is 64.0 Å². The third-order valence-corrected chi connectivity index (χ3v) is 3.94. The van der Waals surface area contributed by atoms with Crippen LogP contribution >= 0.6 is 0 Å². The van der Waals surface area contributed by atoms with E-state index >= 15 is 0 Å². The number of nitro groups is 1. The Morgan fingerprint density at radius 2 is 1.93 bits per heavy atom. The van der Waals surface area contributed by atoms with Gasteiger partial charge in [0, 0.05) is 20.2 Å². The van der Waals surface area contributed by atoms with Gasteiger partial charge in [0.15, 0.2) is 0 Å². The number of nitro benzene ring substituents is 1. The highest BCUT2D eigenvalue weighted by Gasteiger charge is 2.37. The van der Waals surface area contributed by atoms with Crippen LogP contribution in [0.2, 0.25) is 0 Å². The molecule has 0 fully saturated rings. The lowest BCUT2D eigenvalue weighted by atomic mass is 10.1. The van der Waals surface area contributed by atoms with E-state index in [1.54, 1.807) is 38.4 Å². The summed E-state index contributed by atoms with van der Waals surface area (Å²) in [5, 5.41) is 11.3. The molecule has 0 aliphatic heterocycles. The standard InChI is InChI=1S/C18H15F3N4O2/c1-24(2)15-8-7-11(10-16(15)25(26)27)9-12(18(19,20)21)17-22-13-5-3-4-6-14(13)23-17/h3-10H,1-2H3,(H,22,23)/b12-9-. The van der Waals surface area contributed by atoms with Crippen molar-refractivity contribution in [3.63, 3.8) is 0 Å². The number of aromatic nitrogens is 2. The van der Waals surface area contributed by atoms with Gasteiger partial charge in [0.1, 0.15) is 11.5 Å². The predicted molar refractivity (Wildman–Crippen MR) is 97.4 cm³/mol. The molecule has 0 amide bonds. The molecule has 1 heterocycles. The first-order valence-corrected chi connectivity index (χ1v) is 7.86. The first-order valence-electron chi connectivity index (χ1n) is 7.86. The monoisotopic (exact) mass is 376 g/mol. The Balaban J connectivity index is 2.15. The lowest BCUT2D eigenvalue weighted by Gasteiger charge is -2.13. The number of hydrogen-bond acceptors (Lipinski definition) is 4. The molecule has 1 aromatic heterocycles. The SMILES string of the molecule is CN(C)c1ccc(/C=C(/c2nc3ccccc3[nH]2)C(F)(F)F)cc1[N+](=O)[O-]. The minimum atomic E-state index is -4.69. The van der Waals surface area contributed by atoms with E-state index in [-0.39, 0.29) is 17.1 Å². The molecule has 0 aliphatic carbocycles. The van der Waals surface area contributed by atoms with E-state index in [1.807, 2.05) is 0 Å². The largest absolute Gasteiger partial charge is 0.419 e. The third-order valence-electron chi connectivity index (χ3n) is 3.94. The molecule has 0 unspecified atom stereocenters. The van der Waals surface area contributed by atoms with E-state index in [9.17, 15) is 23.3 Å². The van der Waals surface area contributed by atoms with Crippen LogP contribution in [-0.2, 0) is 0 Å². The molecule has 2 aromatic carbocycles. The quantitative estimate of drug-likeness (QED) is 0.532. The third kappa shape index (κ3) is 3.76. The molecule has 3 aromatic rings. The van der Waals surface area contributed by atoms with Gasteiger partial charge in [-0.1, -0.05) is 18.2 Å². The van der Waals surface area contributed by atoms with Gasteiger partial charge in [-0.25, -0.2) is 4.98 Å². The fourth-order valence-corrected chi connectivity index (χ4v) is 2.69. The molecule has 9 heteroatoms. The van der Waals surface area contributed by atoms with E-state index in [1.165, 1.54) is 17.0 Å². The summed E-state index contributed by atoms with van der Waals surface area (Å²) >= 11 is 0. The second-order valence-corrected chi connectivity index (χ2v) is 6.06.